The highest BCUT2D eigenvalue weighted by atomic mass is 16.1. The second-order valence-electron chi connectivity index (χ2n) is 5.48. The van der Waals surface area contributed by atoms with Gasteiger partial charge in [0, 0.05) is 24.8 Å². The van der Waals surface area contributed by atoms with E-state index >= 15 is 0 Å². The number of amides is 1. The monoisotopic (exact) mass is 292 g/mol. The first-order chi connectivity index (χ1) is 10.1. The van der Waals surface area contributed by atoms with Gasteiger partial charge in [0.05, 0.1) is 0 Å². The maximum atomic E-state index is 12.0. The molecule has 1 aromatic rings. The van der Waals surface area contributed by atoms with E-state index in [2.05, 4.69) is 41.5 Å². The van der Waals surface area contributed by atoms with Crippen molar-refractivity contribution in [2.24, 2.45) is 0 Å². The summed E-state index contributed by atoms with van der Waals surface area (Å²) >= 11 is 0. The molecular formula is C16H28N4O. The van der Waals surface area contributed by atoms with Crippen molar-refractivity contribution in [1.29, 1.82) is 0 Å². The van der Waals surface area contributed by atoms with Crippen molar-refractivity contribution >= 4 is 11.7 Å². The summed E-state index contributed by atoms with van der Waals surface area (Å²) in [6.45, 7) is 4.77. The van der Waals surface area contributed by atoms with Gasteiger partial charge < -0.3 is 15.5 Å². The minimum atomic E-state index is -0.0233. The molecule has 118 valence electrons. The van der Waals surface area contributed by atoms with Gasteiger partial charge in [0.15, 0.2) is 0 Å². The number of nitrogens with one attached hydrogen (secondary N) is 2. The lowest BCUT2D eigenvalue weighted by molar-refractivity contribution is 0.0953. The van der Waals surface area contributed by atoms with Gasteiger partial charge in [-0.3, -0.25) is 4.79 Å². The maximum Gasteiger partial charge on any atom is 0.251 e. The molecule has 21 heavy (non-hydrogen) atoms. The van der Waals surface area contributed by atoms with Crippen LogP contribution in [0.1, 0.15) is 43.0 Å². The molecule has 0 spiro atoms. The van der Waals surface area contributed by atoms with E-state index < -0.39 is 0 Å². The molecule has 1 heterocycles. The van der Waals surface area contributed by atoms with Crippen LogP contribution >= 0.6 is 0 Å². The SMILES string of the molecule is CCCCCNC(=O)c1ccnc(NCCCN(C)C)c1. The van der Waals surface area contributed by atoms with Gasteiger partial charge >= 0.3 is 0 Å². The lowest BCUT2D eigenvalue weighted by Crippen LogP contribution is -2.24. The molecular weight excluding hydrogens is 264 g/mol. The van der Waals surface area contributed by atoms with Crippen LogP contribution in [0.15, 0.2) is 18.3 Å². The minimum Gasteiger partial charge on any atom is -0.370 e. The molecule has 1 amide bonds. The van der Waals surface area contributed by atoms with E-state index in [-0.39, 0.29) is 5.91 Å². The summed E-state index contributed by atoms with van der Waals surface area (Å²) in [5, 5.41) is 6.20. The van der Waals surface area contributed by atoms with Crippen LogP contribution in [0.3, 0.4) is 0 Å². The Morgan fingerprint density at radius 1 is 1.24 bits per heavy atom. The first-order valence-electron chi connectivity index (χ1n) is 7.76. The van der Waals surface area contributed by atoms with Crippen molar-refractivity contribution < 1.29 is 4.79 Å². The third-order valence-electron chi connectivity index (χ3n) is 3.18. The van der Waals surface area contributed by atoms with Crippen LogP contribution in [0.25, 0.3) is 0 Å². The Balaban J connectivity index is 2.38. The molecule has 2 N–H and O–H groups in total. The summed E-state index contributed by atoms with van der Waals surface area (Å²) in [5.41, 5.74) is 0.664. The van der Waals surface area contributed by atoms with Gasteiger partial charge in [0.2, 0.25) is 0 Å². The molecule has 5 nitrogen and oxygen atoms in total. The Bertz CT molecular complexity index is 420. The van der Waals surface area contributed by atoms with Gasteiger partial charge in [-0.2, -0.15) is 0 Å². The highest BCUT2D eigenvalue weighted by Crippen LogP contribution is 2.07. The largest absolute Gasteiger partial charge is 0.370 e. The zero-order valence-corrected chi connectivity index (χ0v) is 13.5. The van der Waals surface area contributed by atoms with Crippen LogP contribution in [0.5, 0.6) is 0 Å². The standard InChI is InChI=1S/C16H28N4O/c1-4-5-6-9-19-16(21)14-8-11-18-15(13-14)17-10-7-12-20(2)3/h8,11,13H,4-7,9-10,12H2,1-3H3,(H,17,18)(H,19,21). The quantitative estimate of drug-likeness (QED) is 0.650. The smallest absolute Gasteiger partial charge is 0.251 e. The molecule has 0 bridgehead atoms. The number of aromatic nitrogens is 1. The lowest BCUT2D eigenvalue weighted by Gasteiger charge is -2.11. The molecule has 0 fully saturated rings. The van der Waals surface area contributed by atoms with Gasteiger partial charge in [-0.25, -0.2) is 4.98 Å². The molecule has 0 aliphatic rings. The van der Waals surface area contributed by atoms with Crippen molar-refractivity contribution in [3.05, 3.63) is 23.9 Å². The average Bonchev–Trinajstić information content (AvgIpc) is 2.48. The first-order valence-corrected chi connectivity index (χ1v) is 7.76. The number of hydrogen-bond donors (Lipinski definition) is 2. The van der Waals surface area contributed by atoms with Crippen molar-refractivity contribution in [3.8, 4) is 0 Å². The Labute approximate surface area is 128 Å². The Morgan fingerprint density at radius 3 is 2.76 bits per heavy atom. The molecule has 0 saturated carbocycles. The number of unbranched alkanes of at least 4 members (excludes halogenated alkanes) is 2. The van der Waals surface area contributed by atoms with Crippen LogP contribution in [-0.2, 0) is 0 Å². The number of carbonyl (C=O) groups is 1. The van der Waals surface area contributed by atoms with Gasteiger partial charge in [0.25, 0.3) is 5.91 Å². The van der Waals surface area contributed by atoms with Gasteiger partial charge in [-0.1, -0.05) is 19.8 Å². The highest BCUT2D eigenvalue weighted by molar-refractivity contribution is 5.94. The van der Waals surface area contributed by atoms with E-state index in [0.29, 0.717) is 5.56 Å². The fourth-order valence-corrected chi connectivity index (χ4v) is 1.96. The molecule has 1 rings (SSSR count). The summed E-state index contributed by atoms with van der Waals surface area (Å²) in [6.07, 6.45) is 6.06. The van der Waals surface area contributed by atoms with E-state index in [1.165, 1.54) is 0 Å². The molecule has 0 atom stereocenters. The minimum absolute atomic E-state index is 0.0233. The van der Waals surface area contributed by atoms with E-state index in [1.807, 2.05) is 6.07 Å². The fraction of sp³-hybridized carbons (Fsp3) is 0.625. The zero-order chi connectivity index (χ0) is 15.5. The third-order valence-corrected chi connectivity index (χ3v) is 3.18. The molecule has 5 heteroatoms. The lowest BCUT2D eigenvalue weighted by atomic mass is 10.2. The summed E-state index contributed by atoms with van der Waals surface area (Å²) in [6, 6.07) is 3.56. The summed E-state index contributed by atoms with van der Waals surface area (Å²) in [4.78, 5) is 18.4. The van der Waals surface area contributed by atoms with Crippen LogP contribution in [0.4, 0.5) is 5.82 Å². The predicted octanol–water partition coefficient (Wildman–Crippen LogP) is 2.37. The van der Waals surface area contributed by atoms with Gasteiger partial charge in [0.1, 0.15) is 5.82 Å². The number of nitrogens with zero attached hydrogens (tertiary/aromatic N) is 2. The van der Waals surface area contributed by atoms with E-state index in [9.17, 15) is 4.79 Å². The van der Waals surface area contributed by atoms with Crippen molar-refractivity contribution in [1.82, 2.24) is 15.2 Å². The molecule has 0 unspecified atom stereocenters. The second kappa shape index (κ2) is 10.2. The number of pyridine rings is 1. The molecule has 0 aliphatic carbocycles. The molecule has 0 saturated heterocycles. The Kier molecular flexibility index (Phi) is 8.43. The van der Waals surface area contributed by atoms with Crippen molar-refractivity contribution in [3.63, 3.8) is 0 Å². The van der Waals surface area contributed by atoms with Crippen LogP contribution in [-0.4, -0.2) is 49.5 Å². The second-order valence-corrected chi connectivity index (χ2v) is 5.48. The Morgan fingerprint density at radius 2 is 2.05 bits per heavy atom. The highest BCUT2D eigenvalue weighted by Gasteiger charge is 2.06. The summed E-state index contributed by atoms with van der Waals surface area (Å²) in [5.74, 6) is 0.736. The van der Waals surface area contributed by atoms with Crippen LogP contribution in [0, 0.1) is 0 Å². The van der Waals surface area contributed by atoms with Crippen LogP contribution in [0.2, 0.25) is 0 Å². The number of carbonyl (C=O) groups excluding carboxylic acids is 1. The third kappa shape index (κ3) is 7.66. The fourth-order valence-electron chi connectivity index (χ4n) is 1.96. The predicted molar refractivity (Wildman–Crippen MR) is 87.8 cm³/mol. The van der Waals surface area contributed by atoms with E-state index in [1.54, 1.807) is 12.3 Å². The number of anilines is 1. The summed E-state index contributed by atoms with van der Waals surface area (Å²) < 4.78 is 0. The number of rotatable bonds is 10. The molecule has 0 radical (unpaired) electrons. The zero-order valence-electron chi connectivity index (χ0n) is 13.5. The topological polar surface area (TPSA) is 57.3 Å². The van der Waals surface area contributed by atoms with E-state index in [0.717, 1.165) is 51.1 Å². The Hall–Kier alpha value is -1.62. The molecule has 1 aromatic heterocycles. The van der Waals surface area contributed by atoms with Crippen molar-refractivity contribution in [2.45, 2.75) is 32.6 Å². The maximum absolute atomic E-state index is 12.0. The first kappa shape index (κ1) is 17.4. The molecule has 0 aliphatic heterocycles. The molecule has 0 aromatic carbocycles. The number of hydrogen-bond acceptors (Lipinski definition) is 4. The summed E-state index contributed by atoms with van der Waals surface area (Å²) in [7, 11) is 4.11. The van der Waals surface area contributed by atoms with Gasteiger partial charge in [-0.05, 0) is 45.6 Å². The van der Waals surface area contributed by atoms with Gasteiger partial charge in [-0.15, -0.1) is 0 Å². The van der Waals surface area contributed by atoms with Crippen LogP contribution < -0.4 is 10.6 Å². The average molecular weight is 292 g/mol. The normalized spacial score (nSPS) is 10.7. The van der Waals surface area contributed by atoms with E-state index in [4.69, 9.17) is 0 Å². The van der Waals surface area contributed by atoms with Crippen molar-refractivity contribution in [2.75, 3.05) is 39.0 Å².